The summed E-state index contributed by atoms with van der Waals surface area (Å²) in [4.78, 5) is 16.1. The van der Waals surface area contributed by atoms with Crippen LogP contribution in [-0.4, -0.2) is 10.9 Å². The number of amides is 1. The van der Waals surface area contributed by atoms with E-state index in [2.05, 4.69) is 26.2 Å². The first-order chi connectivity index (χ1) is 8.97. The van der Waals surface area contributed by atoms with Crippen LogP contribution in [-0.2, 0) is 0 Å². The number of pyridine rings is 1. The number of aryl methyl sites for hydroxylation is 1. The molecule has 1 heterocycles. The van der Waals surface area contributed by atoms with Gasteiger partial charge in [0.05, 0.1) is 16.4 Å². The number of anilines is 1. The molecule has 6 heteroatoms. The highest BCUT2D eigenvalue weighted by Gasteiger charge is 2.10. The lowest BCUT2D eigenvalue weighted by atomic mass is 10.2. The van der Waals surface area contributed by atoms with Gasteiger partial charge in [-0.1, -0.05) is 23.2 Å². The van der Waals surface area contributed by atoms with Crippen LogP contribution in [0, 0.1) is 6.92 Å². The molecule has 0 saturated carbocycles. The Bertz CT molecular complexity index is 647. The summed E-state index contributed by atoms with van der Waals surface area (Å²) in [6.45, 7) is 1.77. The van der Waals surface area contributed by atoms with Crippen LogP contribution in [0.5, 0.6) is 0 Å². The number of benzene rings is 1. The lowest BCUT2D eigenvalue weighted by Crippen LogP contribution is -2.13. The third-order valence-electron chi connectivity index (χ3n) is 2.48. The number of rotatable bonds is 2. The predicted molar refractivity (Wildman–Crippen MR) is 81.1 cm³/mol. The summed E-state index contributed by atoms with van der Waals surface area (Å²) in [7, 11) is 0. The van der Waals surface area contributed by atoms with Gasteiger partial charge in [-0.3, -0.25) is 4.79 Å². The summed E-state index contributed by atoms with van der Waals surface area (Å²) in [6.07, 6.45) is 0. The minimum atomic E-state index is -0.248. The molecule has 1 amide bonds. The van der Waals surface area contributed by atoms with E-state index in [1.807, 2.05) is 0 Å². The van der Waals surface area contributed by atoms with E-state index in [0.717, 1.165) is 4.47 Å². The first-order valence-electron chi connectivity index (χ1n) is 5.37. The van der Waals surface area contributed by atoms with E-state index >= 15 is 0 Å². The van der Waals surface area contributed by atoms with Crippen molar-refractivity contribution in [2.75, 3.05) is 5.32 Å². The van der Waals surface area contributed by atoms with E-state index in [9.17, 15) is 4.79 Å². The van der Waals surface area contributed by atoms with Gasteiger partial charge in [0.1, 0.15) is 5.15 Å². The highest BCUT2D eigenvalue weighted by molar-refractivity contribution is 9.10. The second-order valence-electron chi connectivity index (χ2n) is 3.85. The molecule has 1 aromatic carbocycles. The van der Waals surface area contributed by atoms with Crippen LogP contribution in [0.2, 0.25) is 10.2 Å². The van der Waals surface area contributed by atoms with Gasteiger partial charge in [-0.2, -0.15) is 0 Å². The van der Waals surface area contributed by atoms with Gasteiger partial charge < -0.3 is 5.32 Å². The van der Waals surface area contributed by atoms with Crippen molar-refractivity contribution < 1.29 is 4.79 Å². The van der Waals surface area contributed by atoms with E-state index in [1.165, 1.54) is 0 Å². The molecule has 1 aromatic heterocycles. The number of halogens is 3. The fourth-order valence-corrected chi connectivity index (χ4v) is 2.11. The molecule has 0 fully saturated rings. The second-order valence-corrected chi connectivity index (χ2v) is 5.50. The molecule has 0 spiro atoms. The standard InChI is InChI=1S/C13H9BrCl2N2O/c1-7-11(4-5-12(16)17-7)18-13(19)8-2-3-9(14)10(15)6-8/h2-6H,1H3,(H,18,19). The highest BCUT2D eigenvalue weighted by Crippen LogP contribution is 2.24. The lowest BCUT2D eigenvalue weighted by Gasteiger charge is -2.08. The normalized spacial score (nSPS) is 10.3. The summed E-state index contributed by atoms with van der Waals surface area (Å²) in [6, 6.07) is 8.34. The summed E-state index contributed by atoms with van der Waals surface area (Å²) >= 11 is 15.0. The van der Waals surface area contributed by atoms with Gasteiger partial charge in [-0.05, 0) is 53.2 Å². The Balaban J connectivity index is 2.23. The molecule has 0 atom stereocenters. The van der Waals surface area contributed by atoms with Crippen molar-refractivity contribution in [3.05, 3.63) is 56.2 Å². The maximum absolute atomic E-state index is 12.1. The van der Waals surface area contributed by atoms with Crippen molar-refractivity contribution >= 4 is 50.7 Å². The summed E-state index contributed by atoms with van der Waals surface area (Å²) < 4.78 is 0.745. The fourth-order valence-electron chi connectivity index (χ4n) is 1.49. The molecular formula is C13H9BrCl2N2O. The van der Waals surface area contributed by atoms with Gasteiger partial charge >= 0.3 is 0 Å². The number of nitrogens with zero attached hydrogens (tertiary/aromatic N) is 1. The Morgan fingerprint density at radius 1 is 1.26 bits per heavy atom. The van der Waals surface area contributed by atoms with Crippen LogP contribution in [0.4, 0.5) is 5.69 Å². The van der Waals surface area contributed by atoms with Gasteiger partial charge in [0, 0.05) is 10.0 Å². The Morgan fingerprint density at radius 3 is 2.63 bits per heavy atom. The molecule has 0 bridgehead atoms. The number of hydrogen-bond donors (Lipinski definition) is 1. The van der Waals surface area contributed by atoms with Gasteiger partial charge in [0.15, 0.2) is 0 Å². The van der Waals surface area contributed by atoms with Crippen LogP contribution in [0.1, 0.15) is 16.1 Å². The van der Waals surface area contributed by atoms with Crippen molar-refractivity contribution in [2.24, 2.45) is 0 Å². The number of hydrogen-bond acceptors (Lipinski definition) is 2. The van der Waals surface area contributed by atoms with Crippen molar-refractivity contribution in [1.82, 2.24) is 4.98 Å². The third kappa shape index (κ3) is 3.47. The molecule has 0 aliphatic heterocycles. The largest absolute Gasteiger partial charge is 0.320 e. The Labute approximate surface area is 129 Å². The molecule has 0 radical (unpaired) electrons. The predicted octanol–water partition coefficient (Wildman–Crippen LogP) is 4.71. The Hall–Kier alpha value is -1.10. The van der Waals surface area contributed by atoms with Gasteiger partial charge in [-0.25, -0.2) is 4.98 Å². The highest BCUT2D eigenvalue weighted by atomic mass is 79.9. The molecule has 98 valence electrons. The van der Waals surface area contributed by atoms with Crippen LogP contribution in [0.25, 0.3) is 0 Å². The van der Waals surface area contributed by atoms with E-state index in [-0.39, 0.29) is 5.91 Å². The van der Waals surface area contributed by atoms with E-state index in [0.29, 0.717) is 27.1 Å². The summed E-state index contributed by atoms with van der Waals surface area (Å²) in [5.41, 5.74) is 1.75. The van der Waals surface area contributed by atoms with Crippen LogP contribution >= 0.6 is 39.1 Å². The quantitative estimate of drug-likeness (QED) is 0.789. The fraction of sp³-hybridized carbons (Fsp3) is 0.0769. The number of carbonyl (C=O) groups is 1. The topological polar surface area (TPSA) is 42.0 Å². The molecule has 3 nitrogen and oxygen atoms in total. The molecular weight excluding hydrogens is 351 g/mol. The maximum Gasteiger partial charge on any atom is 0.255 e. The van der Waals surface area contributed by atoms with E-state index in [1.54, 1.807) is 37.3 Å². The zero-order valence-electron chi connectivity index (χ0n) is 9.88. The van der Waals surface area contributed by atoms with E-state index < -0.39 is 0 Å². The second kappa shape index (κ2) is 5.90. The zero-order valence-corrected chi connectivity index (χ0v) is 13.0. The van der Waals surface area contributed by atoms with Crippen LogP contribution in [0.15, 0.2) is 34.8 Å². The smallest absolute Gasteiger partial charge is 0.255 e. The lowest BCUT2D eigenvalue weighted by molar-refractivity contribution is 0.102. The molecule has 0 unspecified atom stereocenters. The molecule has 19 heavy (non-hydrogen) atoms. The summed E-state index contributed by atoms with van der Waals surface area (Å²) in [5, 5.41) is 3.64. The maximum atomic E-state index is 12.1. The minimum Gasteiger partial charge on any atom is -0.320 e. The van der Waals surface area contributed by atoms with Gasteiger partial charge in [-0.15, -0.1) is 0 Å². The summed E-state index contributed by atoms with van der Waals surface area (Å²) in [5.74, 6) is -0.248. The molecule has 0 aliphatic rings. The SMILES string of the molecule is Cc1nc(Cl)ccc1NC(=O)c1ccc(Br)c(Cl)c1. The van der Waals surface area contributed by atoms with Gasteiger partial charge in [0.25, 0.3) is 5.91 Å². The van der Waals surface area contributed by atoms with Crippen LogP contribution < -0.4 is 5.32 Å². The Kier molecular flexibility index (Phi) is 4.45. The molecule has 2 rings (SSSR count). The number of nitrogens with one attached hydrogen (secondary N) is 1. The number of carbonyl (C=O) groups excluding carboxylic acids is 1. The van der Waals surface area contributed by atoms with Crippen LogP contribution in [0.3, 0.4) is 0 Å². The average molecular weight is 360 g/mol. The van der Waals surface area contributed by atoms with Crippen molar-refractivity contribution in [1.29, 1.82) is 0 Å². The van der Waals surface area contributed by atoms with E-state index in [4.69, 9.17) is 23.2 Å². The average Bonchev–Trinajstić information content (AvgIpc) is 2.36. The van der Waals surface area contributed by atoms with Crippen molar-refractivity contribution in [3.8, 4) is 0 Å². The number of aromatic nitrogens is 1. The van der Waals surface area contributed by atoms with Crippen molar-refractivity contribution in [2.45, 2.75) is 6.92 Å². The third-order valence-corrected chi connectivity index (χ3v) is 3.92. The van der Waals surface area contributed by atoms with Gasteiger partial charge in [0.2, 0.25) is 0 Å². The van der Waals surface area contributed by atoms with Crippen molar-refractivity contribution in [3.63, 3.8) is 0 Å². The Morgan fingerprint density at radius 2 is 2.00 bits per heavy atom. The minimum absolute atomic E-state index is 0.248. The first-order valence-corrected chi connectivity index (χ1v) is 6.92. The molecule has 0 saturated heterocycles. The molecule has 1 N–H and O–H groups in total. The first kappa shape index (κ1) is 14.3. The zero-order chi connectivity index (χ0) is 14.0. The monoisotopic (exact) mass is 358 g/mol. The molecule has 2 aromatic rings. The molecule has 0 aliphatic carbocycles.